The molecule has 0 saturated carbocycles. The smallest absolute Gasteiger partial charge is 0.408 e. The molecule has 0 bridgehead atoms. The van der Waals surface area contributed by atoms with E-state index >= 15 is 0 Å². The molecular weight excluding hydrogens is 563 g/mol. The highest BCUT2D eigenvalue weighted by Gasteiger charge is 2.27. The van der Waals surface area contributed by atoms with Gasteiger partial charge in [-0.15, -0.1) is 0 Å². The highest BCUT2D eigenvalue weighted by Crippen LogP contribution is 2.36. The molecule has 0 heterocycles. The summed E-state index contributed by atoms with van der Waals surface area (Å²) >= 11 is 0. The predicted molar refractivity (Wildman–Crippen MR) is 149 cm³/mol. The lowest BCUT2D eigenvalue weighted by Gasteiger charge is -2.19. The highest BCUT2D eigenvalue weighted by atomic mass is 32.2. The monoisotopic (exact) mass is 601 g/mol. The molecule has 12 heteroatoms. The number of benzene rings is 2. The molecule has 1 amide bonds. The Bertz CT molecular complexity index is 1290. The van der Waals surface area contributed by atoms with Gasteiger partial charge in [0.15, 0.2) is 0 Å². The molecule has 1 atom stereocenters. The summed E-state index contributed by atoms with van der Waals surface area (Å²) in [5.41, 5.74) is 2.91. The van der Waals surface area contributed by atoms with Crippen molar-refractivity contribution in [1.29, 1.82) is 0 Å². The maximum atomic E-state index is 12.0. The summed E-state index contributed by atoms with van der Waals surface area (Å²) in [4.78, 5) is 23.6. The lowest BCUT2D eigenvalue weighted by Crippen LogP contribution is -2.36. The van der Waals surface area contributed by atoms with Gasteiger partial charge in [0.2, 0.25) is 0 Å². The standard InChI is InChI=1S/C24H29NO5.C5H9F3O2S/c1-16-7-5-9-19(11-16)29-21-10-6-8-18-12-17(13-20(18)21)15-28-22(26)14-25-23(27)30-24(2,3)4;1-11(9,10)4-2-3-5(6,7)8/h5-11,17H,12-15H2,1-4H3,(H,25,27);2-4H2,1H3. The number of carbonyl (C=O) groups excluding carboxylic acids is 2. The molecule has 2 aromatic carbocycles. The minimum Gasteiger partial charge on any atom is -0.464 e. The van der Waals surface area contributed by atoms with Crippen LogP contribution in [0.3, 0.4) is 0 Å². The molecule has 0 radical (unpaired) electrons. The van der Waals surface area contributed by atoms with Crippen LogP contribution in [-0.4, -0.2) is 57.4 Å². The lowest BCUT2D eigenvalue weighted by atomic mass is 10.1. The van der Waals surface area contributed by atoms with Crippen molar-refractivity contribution in [2.45, 2.75) is 65.2 Å². The number of esters is 1. The van der Waals surface area contributed by atoms with E-state index in [1.54, 1.807) is 20.8 Å². The van der Waals surface area contributed by atoms with Gasteiger partial charge in [-0.25, -0.2) is 13.2 Å². The summed E-state index contributed by atoms with van der Waals surface area (Å²) in [6.45, 7) is 7.41. The summed E-state index contributed by atoms with van der Waals surface area (Å²) in [6, 6.07) is 14.0. The van der Waals surface area contributed by atoms with Crippen molar-refractivity contribution >= 4 is 21.9 Å². The van der Waals surface area contributed by atoms with E-state index in [9.17, 15) is 31.2 Å². The maximum absolute atomic E-state index is 12.0. The van der Waals surface area contributed by atoms with Gasteiger partial charge in [-0.05, 0) is 81.8 Å². The second-order valence-electron chi connectivity index (χ2n) is 11.0. The molecule has 8 nitrogen and oxygen atoms in total. The van der Waals surface area contributed by atoms with Crippen molar-refractivity contribution in [3.8, 4) is 11.5 Å². The minimum atomic E-state index is -4.25. The van der Waals surface area contributed by atoms with Crippen LogP contribution in [0.2, 0.25) is 0 Å². The summed E-state index contributed by atoms with van der Waals surface area (Å²) in [5.74, 6) is 0.970. The number of alkyl carbamates (subject to hydrolysis) is 1. The molecule has 1 aliphatic carbocycles. The van der Waals surface area contributed by atoms with E-state index in [-0.39, 0.29) is 18.9 Å². The predicted octanol–water partition coefficient (Wildman–Crippen LogP) is 5.94. The van der Waals surface area contributed by atoms with Gasteiger partial charge in [-0.2, -0.15) is 13.2 Å². The van der Waals surface area contributed by atoms with E-state index in [0.29, 0.717) is 6.61 Å². The van der Waals surface area contributed by atoms with Gasteiger partial charge in [-0.1, -0.05) is 24.3 Å². The Balaban J connectivity index is 0.000000454. The summed E-state index contributed by atoms with van der Waals surface area (Å²) in [5, 5.41) is 2.42. The fourth-order valence-corrected chi connectivity index (χ4v) is 4.65. The molecule has 3 rings (SSSR count). The SMILES string of the molecule is CS(=O)(=O)CCCC(F)(F)F.Cc1cccc(Oc2cccc3c2CC(COC(=O)CNC(=O)OC(C)(C)C)C3)c1. The summed E-state index contributed by atoms with van der Waals surface area (Å²) in [7, 11) is -3.25. The molecule has 0 saturated heterocycles. The zero-order valence-corrected chi connectivity index (χ0v) is 24.8. The number of fused-ring (bicyclic) bond motifs is 1. The topological polar surface area (TPSA) is 108 Å². The number of halogens is 3. The van der Waals surface area contributed by atoms with E-state index in [1.807, 2.05) is 43.3 Å². The van der Waals surface area contributed by atoms with Gasteiger partial charge >= 0.3 is 18.2 Å². The molecular formula is C29H38F3NO7S. The zero-order valence-electron chi connectivity index (χ0n) is 24.0. The van der Waals surface area contributed by atoms with Crippen molar-refractivity contribution in [1.82, 2.24) is 5.32 Å². The van der Waals surface area contributed by atoms with Crippen LogP contribution in [0.25, 0.3) is 0 Å². The van der Waals surface area contributed by atoms with Crippen LogP contribution in [0.5, 0.6) is 11.5 Å². The Labute approximate surface area is 239 Å². The first-order valence-corrected chi connectivity index (χ1v) is 15.2. The Morgan fingerprint density at radius 1 is 1.05 bits per heavy atom. The van der Waals surface area contributed by atoms with Crippen molar-refractivity contribution < 1.29 is 45.4 Å². The van der Waals surface area contributed by atoms with Crippen molar-refractivity contribution in [2.75, 3.05) is 25.2 Å². The molecule has 228 valence electrons. The van der Waals surface area contributed by atoms with Gasteiger partial charge in [0.25, 0.3) is 0 Å². The van der Waals surface area contributed by atoms with E-state index < -0.39 is 45.9 Å². The second-order valence-corrected chi connectivity index (χ2v) is 13.2. The fraction of sp³-hybridized carbons (Fsp3) is 0.517. The number of hydrogen-bond donors (Lipinski definition) is 1. The average Bonchev–Trinajstić information content (AvgIpc) is 3.23. The Kier molecular flexibility index (Phi) is 12.0. The third kappa shape index (κ3) is 14.3. The van der Waals surface area contributed by atoms with Crippen molar-refractivity contribution in [2.24, 2.45) is 5.92 Å². The van der Waals surface area contributed by atoms with E-state index in [1.165, 1.54) is 5.56 Å². The number of aryl methyl sites for hydroxylation is 1. The maximum Gasteiger partial charge on any atom is 0.408 e. The largest absolute Gasteiger partial charge is 0.464 e. The number of amides is 1. The number of carbonyl (C=O) groups is 2. The second kappa shape index (κ2) is 14.6. The molecule has 0 aromatic heterocycles. The average molecular weight is 602 g/mol. The molecule has 2 aromatic rings. The zero-order chi connectivity index (χ0) is 30.8. The number of hydrogen-bond acceptors (Lipinski definition) is 7. The quantitative estimate of drug-likeness (QED) is 0.354. The number of alkyl halides is 3. The minimum absolute atomic E-state index is 0.188. The molecule has 41 heavy (non-hydrogen) atoms. The van der Waals surface area contributed by atoms with Crippen LogP contribution in [0.4, 0.5) is 18.0 Å². The van der Waals surface area contributed by atoms with Crippen LogP contribution in [0.1, 0.15) is 50.3 Å². The molecule has 1 N–H and O–H groups in total. The first kappa shape index (κ1) is 33.9. The lowest BCUT2D eigenvalue weighted by molar-refractivity contribution is -0.143. The molecule has 0 spiro atoms. The van der Waals surface area contributed by atoms with E-state index in [0.717, 1.165) is 41.7 Å². The first-order chi connectivity index (χ1) is 18.9. The third-order valence-corrected chi connectivity index (χ3v) is 6.71. The van der Waals surface area contributed by atoms with Gasteiger partial charge in [0.1, 0.15) is 33.5 Å². The summed E-state index contributed by atoms with van der Waals surface area (Å²) < 4.78 is 71.6. The Morgan fingerprint density at radius 2 is 1.73 bits per heavy atom. The van der Waals surface area contributed by atoms with Gasteiger partial charge in [0, 0.05) is 18.6 Å². The molecule has 0 aliphatic heterocycles. The van der Waals surface area contributed by atoms with Crippen LogP contribution in [0, 0.1) is 12.8 Å². The Morgan fingerprint density at radius 3 is 2.34 bits per heavy atom. The highest BCUT2D eigenvalue weighted by molar-refractivity contribution is 7.90. The summed E-state index contributed by atoms with van der Waals surface area (Å²) in [6.07, 6.45) is -3.72. The van der Waals surface area contributed by atoms with E-state index in [2.05, 4.69) is 11.4 Å². The normalized spacial score (nSPS) is 14.8. The number of sulfone groups is 1. The number of nitrogens with one attached hydrogen (secondary N) is 1. The molecule has 1 aliphatic rings. The Hall–Kier alpha value is -3.28. The van der Waals surface area contributed by atoms with E-state index in [4.69, 9.17) is 14.2 Å². The van der Waals surface area contributed by atoms with Crippen LogP contribution < -0.4 is 10.1 Å². The van der Waals surface area contributed by atoms with Crippen LogP contribution in [-0.2, 0) is 36.9 Å². The fourth-order valence-electron chi connectivity index (χ4n) is 3.98. The third-order valence-electron chi connectivity index (χ3n) is 5.68. The van der Waals surface area contributed by atoms with Gasteiger partial charge < -0.3 is 19.5 Å². The first-order valence-electron chi connectivity index (χ1n) is 13.1. The van der Waals surface area contributed by atoms with Crippen molar-refractivity contribution in [3.63, 3.8) is 0 Å². The molecule has 0 fully saturated rings. The van der Waals surface area contributed by atoms with Crippen LogP contribution in [0.15, 0.2) is 42.5 Å². The van der Waals surface area contributed by atoms with Crippen LogP contribution >= 0.6 is 0 Å². The van der Waals surface area contributed by atoms with Gasteiger partial charge in [-0.3, -0.25) is 4.79 Å². The van der Waals surface area contributed by atoms with Gasteiger partial charge in [0.05, 0.1) is 12.4 Å². The number of rotatable bonds is 9. The number of ether oxygens (including phenoxy) is 3. The molecule has 1 unspecified atom stereocenters. The van der Waals surface area contributed by atoms with Crippen molar-refractivity contribution in [3.05, 3.63) is 59.2 Å².